The lowest BCUT2D eigenvalue weighted by atomic mass is 10.00. The number of rotatable bonds is 2. The van der Waals surface area contributed by atoms with Gasteiger partial charge in [0.15, 0.2) is 0 Å². The molecule has 0 radical (unpaired) electrons. The molecule has 0 amide bonds. The highest BCUT2D eigenvalue weighted by Gasteiger charge is 2.29. The number of hydrogen-bond donors (Lipinski definition) is 0. The van der Waals surface area contributed by atoms with Gasteiger partial charge in [0.2, 0.25) is 0 Å². The van der Waals surface area contributed by atoms with Crippen LogP contribution < -0.4 is 10.3 Å². The van der Waals surface area contributed by atoms with Crippen molar-refractivity contribution < 1.29 is 9.66 Å². The van der Waals surface area contributed by atoms with Crippen molar-refractivity contribution >= 4 is 23.0 Å². The average Bonchev–Trinajstić information content (AvgIpc) is 2.48. The maximum atomic E-state index is 12.4. The van der Waals surface area contributed by atoms with Gasteiger partial charge in [0.25, 0.3) is 11.2 Å². The molecule has 0 atom stereocenters. The van der Waals surface area contributed by atoms with E-state index in [1.54, 1.807) is 18.3 Å². The highest BCUT2D eigenvalue weighted by molar-refractivity contribution is 6.30. The van der Waals surface area contributed by atoms with Gasteiger partial charge in [-0.15, -0.1) is 0 Å². The largest absolute Gasteiger partial charge is 0.481 e. The molecule has 2 aromatic rings. The van der Waals surface area contributed by atoms with E-state index in [0.29, 0.717) is 17.0 Å². The van der Waals surface area contributed by atoms with Crippen LogP contribution in [0.4, 0.5) is 5.69 Å². The summed E-state index contributed by atoms with van der Waals surface area (Å²) >= 11 is 5.87. The summed E-state index contributed by atoms with van der Waals surface area (Å²) in [5, 5.41) is 10.8. The van der Waals surface area contributed by atoms with Crippen molar-refractivity contribution in [1.29, 1.82) is 0 Å². The predicted molar refractivity (Wildman–Crippen MR) is 84.7 cm³/mol. The summed E-state index contributed by atoms with van der Waals surface area (Å²) in [6, 6.07) is 2.72. The number of nitro groups is 1. The molecule has 3 heterocycles. The molecule has 0 N–H and O–H groups in total. The Labute approximate surface area is 135 Å². The molecule has 118 valence electrons. The third-order valence-electron chi connectivity index (χ3n) is 3.35. The molecule has 0 unspecified atom stereocenters. The molecular formula is C15H12ClN3O4. The quantitative estimate of drug-likeness (QED) is 0.623. The molecule has 3 rings (SSSR count). The Morgan fingerprint density at radius 2 is 2.17 bits per heavy atom. The number of nitrogens with zero attached hydrogens (tertiary/aromatic N) is 3. The molecule has 0 fully saturated rings. The molecule has 0 saturated heterocycles. The van der Waals surface area contributed by atoms with Crippen molar-refractivity contribution in [2.24, 2.45) is 0 Å². The molecule has 0 bridgehead atoms. The van der Waals surface area contributed by atoms with Gasteiger partial charge < -0.3 is 4.74 Å². The average molecular weight is 334 g/mol. The first-order valence-corrected chi connectivity index (χ1v) is 7.09. The molecule has 0 spiro atoms. The van der Waals surface area contributed by atoms with Crippen molar-refractivity contribution in [3.8, 4) is 5.75 Å². The molecule has 1 aliphatic rings. The lowest BCUT2D eigenvalue weighted by Gasteiger charge is -2.31. The van der Waals surface area contributed by atoms with Crippen LogP contribution in [0, 0.1) is 10.1 Å². The third-order valence-corrected chi connectivity index (χ3v) is 3.62. The van der Waals surface area contributed by atoms with Crippen LogP contribution in [0.25, 0.3) is 5.70 Å². The topological polar surface area (TPSA) is 87.3 Å². The van der Waals surface area contributed by atoms with E-state index in [2.05, 4.69) is 4.98 Å². The van der Waals surface area contributed by atoms with Crippen LogP contribution in [-0.4, -0.2) is 20.1 Å². The minimum Gasteiger partial charge on any atom is -0.481 e. The van der Waals surface area contributed by atoms with Crippen molar-refractivity contribution in [2.75, 3.05) is 0 Å². The van der Waals surface area contributed by atoms with E-state index >= 15 is 0 Å². The molecule has 0 aromatic carbocycles. The van der Waals surface area contributed by atoms with E-state index in [1.807, 2.05) is 13.8 Å². The molecule has 8 heteroatoms. The zero-order valence-corrected chi connectivity index (χ0v) is 13.1. The van der Waals surface area contributed by atoms with E-state index in [9.17, 15) is 14.9 Å². The fourth-order valence-electron chi connectivity index (χ4n) is 2.41. The second-order valence-electron chi connectivity index (χ2n) is 5.59. The van der Waals surface area contributed by atoms with Gasteiger partial charge in [0, 0.05) is 17.8 Å². The van der Waals surface area contributed by atoms with Gasteiger partial charge in [0.05, 0.1) is 23.0 Å². The Balaban J connectivity index is 2.31. The van der Waals surface area contributed by atoms with Crippen molar-refractivity contribution in [3.63, 3.8) is 0 Å². The zero-order chi connectivity index (χ0) is 16.8. The van der Waals surface area contributed by atoms with Crippen LogP contribution in [-0.2, 0) is 0 Å². The number of ether oxygens (including phenoxy) is 1. The molecule has 23 heavy (non-hydrogen) atoms. The Bertz CT molecular complexity index is 902. The van der Waals surface area contributed by atoms with Gasteiger partial charge >= 0.3 is 0 Å². The monoisotopic (exact) mass is 333 g/mol. The lowest BCUT2D eigenvalue weighted by Crippen LogP contribution is -2.32. The maximum Gasteiger partial charge on any atom is 0.287 e. The van der Waals surface area contributed by atoms with Gasteiger partial charge in [-0.25, -0.2) is 0 Å². The van der Waals surface area contributed by atoms with Crippen LogP contribution in [0.15, 0.2) is 41.6 Å². The molecule has 7 nitrogen and oxygen atoms in total. The highest BCUT2D eigenvalue weighted by Crippen LogP contribution is 2.36. The Morgan fingerprint density at radius 1 is 1.43 bits per heavy atom. The first-order valence-electron chi connectivity index (χ1n) is 6.72. The molecular weight excluding hydrogens is 322 g/mol. The van der Waals surface area contributed by atoms with Gasteiger partial charge in [-0.2, -0.15) is 0 Å². The van der Waals surface area contributed by atoms with E-state index in [4.69, 9.17) is 16.3 Å². The Hall–Kier alpha value is -2.67. The SMILES string of the molecule is CC1(C)C=C(n2cc([N+](=O)[O-])cc(Cl)c2=O)c2ccncc2O1. The van der Waals surface area contributed by atoms with Crippen LogP contribution in [0.3, 0.4) is 0 Å². The Kier molecular flexibility index (Phi) is 3.45. The van der Waals surface area contributed by atoms with Gasteiger partial charge in [-0.1, -0.05) is 11.6 Å². The number of pyridine rings is 2. The smallest absolute Gasteiger partial charge is 0.287 e. The normalized spacial score (nSPS) is 15.3. The van der Waals surface area contributed by atoms with E-state index < -0.39 is 16.1 Å². The summed E-state index contributed by atoms with van der Waals surface area (Å²) in [4.78, 5) is 26.8. The summed E-state index contributed by atoms with van der Waals surface area (Å²) in [5.74, 6) is 0.490. The summed E-state index contributed by atoms with van der Waals surface area (Å²) in [7, 11) is 0. The van der Waals surface area contributed by atoms with Crippen molar-refractivity contribution in [1.82, 2.24) is 9.55 Å². The Morgan fingerprint density at radius 3 is 2.87 bits per heavy atom. The summed E-state index contributed by atoms with van der Waals surface area (Å²) < 4.78 is 6.97. The first-order chi connectivity index (χ1) is 10.8. The number of fused-ring (bicyclic) bond motifs is 1. The highest BCUT2D eigenvalue weighted by atomic mass is 35.5. The number of aromatic nitrogens is 2. The molecule has 0 aliphatic carbocycles. The van der Waals surface area contributed by atoms with Crippen LogP contribution in [0.1, 0.15) is 19.4 Å². The van der Waals surface area contributed by atoms with Gasteiger partial charge in [0.1, 0.15) is 16.4 Å². The van der Waals surface area contributed by atoms with E-state index in [-0.39, 0.29) is 10.7 Å². The molecule has 2 aromatic heterocycles. The lowest BCUT2D eigenvalue weighted by molar-refractivity contribution is -0.385. The summed E-state index contributed by atoms with van der Waals surface area (Å²) in [5.41, 5.74) is -0.436. The minimum absolute atomic E-state index is 0.222. The minimum atomic E-state index is -0.706. The second-order valence-corrected chi connectivity index (χ2v) is 5.99. The van der Waals surface area contributed by atoms with Crippen LogP contribution >= 0.6 is 11.6 Å². The third kappa shape index (κ3) is 2.70. The summed E-state index contributed by atoms with van der Waals surface area (Å²) in [6.07, 6.45) is 5.97. The fourth-order valence-corrected chi connectivity index (χ4v) is 2.61. The predicted octanol–water partition coefficient (Wildman–Crippen LogP) is 2.87. The zero-order valence-electron chi connectivity index (χ0n) is 12.3. The number of hydrogen-bond acceptors (Lipinski definition) is 5. The maximum absolute atomic E-state index is 12.4. The van der Waals surface area contributed by atoms with Crippen molar-refractivity contribution in [2.45, 2.75) is 19.4 Å². The van der Waals surface area contributed by atoms with E-state index in [0.717, 1.165) is 12.3 Å². The summed E-state index contributed by atoms with van der Waals surface area (Å²) in [6.45, 7) is 3.62. The van der Waals surface area contributed by atoms with Crippen molar-refractivity contribution in [3.05, 3.63) is 67.9 Å². The standard InChI is InChI=1S/C15H12ClN3O4/c1-15(2)6-12(10-3-4-17-7-13(10)23-15)18-8-9(19(21)22)5-11(16)14(18)20/h3-8H,1-2H3. The number of halogens is 1. The fraction of sp³-hybridized carbons (Fsp3) is 0.200. The van der Waals surface area contributed by atoms with Crippen LogP contribution in [0.5, 0.6) is 5.75 Å². The second kappa shape index (κ2) is 5.20. The van der Waals surface area contributed by atoms with Gasteiger partial charge in [-0.05, 0) is 26.0 Å². The van der Waals surface area contributed by atoms with Crippen LogP contribution in [0.2, 0.25) is 5.02 Å². The molecule has 1 aliphatic heterocycles. The van der Waals surface area contributed by atoms with E-state index in [1.165, 1.54) is 10.8 Å². The van der Waals surface area contributed by atoms with Gasteiger partial charge in [-0.3, -0.25) is 24.5 Å². The first kappa shape index (κ1) is 15.2. The molecule has 0 saturated carbocycles.